The number of hydrogen-bond donors (Lipinski definition) is 0. The van der Waals surface area contributed by atoms with Gasteiger partial charge in [-0.05, 0) is 48.0 Å². The fourth-order valence-corrected chi connectivity index (χ4v) is 1.98. The fourth-order valence-electron chi connectivity index (χ4n) is 1.85. The molecule has 0 saturated heterocycles. The Kier molecular flexibility index (Phi) is 5.57. The number of nitrogens with zero attached hydrogens (tertiary/aromatic N) is 2. The third-order valence-electron chi connectivity index (χ3n) is 3.01. The number of carbonyl (C=O) groups excluding carboxylic acids is 1. The van der Waals surface area contributed by atoms with E-state index in [1.807, 2.05) is 0 Å². The van der Waals surface area contributed by atoms with Crippen LogP contribution in [0.25, 0.3) is 10.9 Å². The normalized spacial score (nSPS) is 10.4. The van der Waals surface area contributed by atoms with E-state index in [4.69, 9.17) is 32.9 Å². The molecule has 0 amide bonds. The number of halogens is 1. The van der Waals surface area contributed by atoms with Crippen LogP contribution in [0.1, 0.15) is 15.9 Å². The number of esters is 1. The Balaban J connectivity index is 2.27. The average Bonchev–Trinajstić information content (AvgIpc) is 2.61. The third kappa shape index (κ3) is 4.13. The van der Waals surface area contributed by atoms with Crippen molar-refractivity contribution in [1.29, 1.82) is 5.26 Å². The van der Waals surface area contributed by atoms with Crippen molar-refractivity contribution in [3.63, 3.8) is 0 Å². The summed E-state index contributed by atoms with van der Waals surface area (Å²) in [5.41, 5.74) is 0.888. The molecule has 2 aromatic carbocycles. The lowest BCUT2D eigenvalue weighted by Gasteiger charge is -2.10. The van der Waals surface area contributed by atoms with Crippen LogP contribution < -0.4 is 9.47 Å². The van der Waals surface area contributed by atoms with Crippen LogP contribution in [0.2, 0.25) is 5.02 Å². The van der Waals surface area contributed by atoms with Gasteiger partial charge in [-0.3, -0.25) is 0 Å². The first-order valence-corrected chi connectivity index (χ1v) is 7.10. The lowest BCUT2D eigenvalue weighted by molar-refractivity contribution is 0.0729. The summed E-state index contributed by atoms with van der Waals surface area (Å²) >= 11 is 5.79. The largest absolute Gasteiger partial charge is 0.493 e. The molecule has 2 rings (SSSR count). The summed E-state index contributed by atoms with van der Waals surface area (Å²) in [6.07, 6.45) is 1.42. The van der Waals surface area contributed by atoms with Crippen molar-refractivity contribution in [3.05, 3.63) is 75.7 Å². The minimum atomic E-state index is -0.549. The van der Waals surface area contributed by atoms with Crippen LogP contribution in [-0.2, 0) is 0 Å². The van der Waals surface area contributed by atoms with Crippen LogP contribution in [0, 0.1) is 17.9 Å². The number of hydrogen-bond acceptors (Lipinski definition) is 4. The third-order valence-corrected chi connectivity index (χ3v) is 3.26. The Morgan fingerprint density at radius 3 is 2.54 bits per heavy atom. The quantitative estimate of drug-likeness (QED) is 0.360. The Labute approximate surface area is 144 Å². The van der Waals surface area contributed by atoms with Crippen LogP contribution >= 0.6 is 11.6 Å². The van der Waals surface area contributed by atoms with Gasteiger partial charge in [0.2, 0.25) is 0 Å². The van der Waals surface area contributed by atoms with Crippen LogP contribution in [0.4, 0.5) is 0 Å². The van der Waals surface area contributed by atoms with Crippen molar-refractivity contribution >= 4 is 23.6 Å². The second-order valence-corrected chi connectivity index (χ2v) is 5.00. The van der Waals surface area contributed by atoms with Crippen LogP contribution in [0.5, 0.6) is 11.5 Å². The summed E-state index contributed by atoms with van der Waals surface area (Å²) in [6.45, 7) is 6.88. The summed E-state index contributed by atoms with van der Waals surface area (Å²) < 4.78 is 10.5. The highest BCUT2D eigenvalue weighted by Gasteiger charge is 2.13. The minimum absolute atomic E-state index is 0.0528. The summed E-state index contributed by atoms with van der Waals surface area (Å²) in [6, 6.07) is 12.8. The van der Waals surface area contributed by atoms with Gasteiger partial charge in [0.05, 0.1) is 25.3 Å². The molecule has 0 aliphatic carbocycles. The topological polar surface area (TPSA) is 63.7 Å². The predicted molar refractivity (Wildman–Crippen MR) is 89.6 cm³/mol. The van der Waals surface area contributed by atoms with Gasteiger partial charge in [-0.15, -0.1) is 0 Å². The van der Waals surface area contributed by atoms with Crippen molar-refractivity contribution < 1.29 is 14.3 Å². The second-order valence-electron chi connectivity index (χ2n) is 4.56. The smallest absolute Gasteiger partial charge is 0.343 e. The lowest BCUT2D eigenvalue weighted by Crippen LogP contribution is -2.09. The average molecular weight is 339 g/mol. The minimum Gasteiger partial charge on any atom is -0.493 e. The van der Waals surface area contributed by atoms with Gasteiger partial charge < -0.3 is 9.47 Å². The molecule has 0 spiro atoms. The fraction of sp³-hybridized carbons (Fsp3) is 0.0556. The van der Waals surface area contributed by atoms with Gasteiger partial charge in [0.15, 0.2) is 11.5 Å². The number of nitriles is 1. The number of allylic oxidation sites excluding steroid dienone is 1. The number of benzene rings is 2. The number of rotatable bonds is 4. The monoisotopic (exact) mass is 338 g/mol. The van der Waals surface area contributed by atoms with E-state index in [1.54, 1.807) is 42.5 Å². The van der Waals surface area contributed by atoms with Gasteiger partial charge in [-0.1, -0.05) is 17.7 Å². The zero-order chi connectivity index (χ0) is 17.5. The Bertz CT molecular complexity index is 859. The van der Waals surface area contributed by atoms with Crippen molar-refractivity contribution in [2.24, 2.45) is 0 Å². The molecule has 0 atom stereocenters. The molecule has 118 valence electrons. The molecule has 0 fully saturated rings. The van der Waals surface area contributed by atoms with E-state index in [-0.39, 0.29) is 11.4 Å². The van der Waals surface area contributed by atoms with E-state index >= 15 is 0 Å². The summed E-state index contributed by atoms with van der Waals surface area (Å²) in [7, 11) is 1.43. The zero-order valence-corrected chi connectivity index (χ0v) is 13.4. The van der Waals surface area contributed by atoms with Gasteiger partial charge in [-0.25, -0.2) is 14.9 Å². The Hall–Kier alpha value is -3.28. The van der Waals surface area contributed by atoms with Crippen molar-refractivity contribution in [2.75, 3.05) is 7.11 Å². The first-order valence-electron chi connectivity index (χ1n) is 6.72. The highest BCUT2D eigenvalue weighted by atomic mass is 35.5. The molecule has 0 N–H and O–H groups in total. The molecule has 0 bridgehead atoms. The van der Waals surface area contributed by atoms with E-state index in [9.17, 15) is 4.79 Å². The molecule has 0 unspecified atom stereocenters. The maximum Gasteiger partial charge on any atom is 0.343 e. The van der Waals surface area contributed by atoms with Crippen LogP contribution in [0.3, 0.4) is 0 Å². The molecule has 0 aliphatic heterocycles. The molecule has 0 heterocycles. The standard InChI is InChI=1S/C18H11ClN2O3/c1-21-15(11-20)9-12-3-8-16(17(10-12)23-2)24-18(22)13-4-6-14(19)7-5-13/h3-10H,2H3/b15-9-. The molecule has 24 heavy (non-hydrogen) atoms. The molecular weight excluding hydrogens is 328 g/mol. The molecule has 5 nitrogen and oxygen atoms in total. The van der Waals surface area contributed by atoms with E-state index in [1.165, 1.54) is 19.3 Å². The number of methoxy groups -OCH3 is 1. The van der Waals surface area contributed by atoms with E-state index in [0.29, 0.717) is 21.9 Å². The summed E-state index contributed by atoms with van der Waals surface area (Å²) in [5.74, 6) is -0.00335. The van der Waals surface area contributed by atoms with E-state index in [2.05, 4.69) is 4.85 Å². The number of ether oxygens (including phenoxy) is 2. The van der Waals surface area contributed by atoms with E-state index in [0.717, 1.165) is 0 Å². The highest BCUT2D eigenvalue weighted by molar-refractivity contribution is 6.30. The van der Waals surface area contributed by atoms with Gasteiger partial charge in [-0.2, -0.15) is 0 Å². The lowest BCUT2D eigenvalue weighted by atomic mass is 10.1. The molecular formula is C18H11ClN2O3. The SMILES string of the molecule is [C-]#[N+]/C(C#N)=C\c1ccc(OC(=O)c2ccc(Cl)cc2)c(OC)c1. The van der Waals surface area contributed by atoms with Crippen LogP contribution in [0.15, 0.2) is 48.2 Å². The summed E-state index contributed by atoms with van der Waals surface area (Å²) in [4.78, 5) is 15.2. The number of carbonyl (C=O) groups is 1. The van der Waals surface area contributed by atoms with Crippen molar-refractivity contribution in [1.82, 2.24) is 0 Å². The van der Waals surface area contributed by atoms with Crippen molar-refractivity contribution in [3.8, 4) is 17.6 Å². The molecule has 2 aromatic rings. The highest BCUT2D eigenvalue weighted by Crippen LogP contribution is 2.29. The maximum atomic E-state index is 12.1. The predicted octanol–water partition coefficient (Wildman–Crippen LogP) is 4.35. The second kappa shape index (κ2) is 7.82. The van der Waals surface area contributed by atoms with Gasteiger partial charge in [0.1, 0.15) is 0 Å². The first kappa shape index (κ1) is 17.1. The molecule has 0 radical (unpaired) electrons. The van der Waals surface area contributed by atoms with E-state index < -0.39 is 5.97 Å². The Morgan fingerprint density at radius 1 is 1.25 bits per heavy atom. The molecule has 6 heteroatoms. The van der Waals surface area contributed by atoms with Gasteiger partial charge in [0, 0.05) is 5.02 Å². The van der Waals surface area contributed by atoms with Crippen molar-refractivity contribution in [2.45, 2.75) is 0 Å². The maximum absolute atomic E-state index is 12.1. The summed E-state index contributed by atoms with van der Waals surface area (Å²) in [5, 5.41) is 9.31. The first-order chi connectivity index (χ1) is 11.6. The van der Waals surface area contributed by atoms with Gasteiger partial charge >= 0.3 is 5.97 Å². The zero-order valence-electron chi connectivity index (χ0n) is 12.6. The van der Waals surface area contributed by atoms with Gasteiger partial charge in [0.25, 0.3) is 5.70 Å². The van der Waals surface area contributed by atoms with Crippen LogP contribution in [-0.4, -0.2) is 13.1 Å². The molecule has 0 aromatic heterocycles. The Morgan fingerprint density at radius 2 is 1.96 bits per heavy atom. The molecule has 0 aliphatic rings. The molecule has 0 saturated carbocycles.